The summed E-state index contributed by atoms with van der Waals surface area (Å²) in [5.41, 5.74) is 0.854. The van der Waals surface area contributed by atoms with E-state index >= 15 is 0 Å². The average molecular weight is 472 g/mol. The fraction of sp³-hybridized carbons (Fsp3) is 0.308. The van der Waals surface area contributed by atoms with Crippen LogP contribution in [0.25, 0.3) is 0 Å². The van der Waals surface area contributed by atoms with Gasteiger partial charge in [0.15, 0.2) is 5.75 Å². The maximum absolute atomic E-state index is 12.0. The topological polar surface area (TPSA) is 41.9 Å². The highest BCUT2D eigenvalue weighted by Gasteiger charge is 2.42. The van der Waals surface area contributed by atoms with Crippen molar-refractivity contribution in [3.05, 3.63) is 87.4 Å². The van der Waals surface area contributed by atoms with Crippen molar-refractivity contribution in [3.8, 4) is 17.2 Å². The largest absolute Gasteiger partial charge is 0.492 e. The van der Waals surface area contributed by atoms with Gasteiger partial charge in [0.25, 0.3) is 0 Å². The van der Waals surface area contributed by atoms with E-state index in [1.54, 1.807) is 12.1 Å². The van der Waals surface area contributed by atoms with Gasteiger partial charge in [-0.3, -0.25) is 0 Å². The van der Waals surface area contributed by atoms with Crippen molar-refractivity contribution in [2.24, 2.45) is 0 Å². The van der Waals surface area contributed by atoms with Crippen LogP contribution in [0.4, 0.5) is 0 Å². The molecule has 0 amide bonds. The molecule has 0 fully saturated rings. The minimum Gasteiger partial charge on any atom is -0.492 e. The maximum atomic E-state index is 12.0. The van der Waals surface area contributed by atoms with Crippen molar-refractivity contribution in [1.29, 1.82) is 0 Å². The van der Waals surface area contributed by atoms with Gasteiger partial charge in [-0.05, 0) is 42.9 Å². The third-order valence-electron chi connectivity index (χ3n) is 5.94. The van der Waals surface area contributed by atoms with E-state index in [-0.39, 0.29) is 0 Å². The lowest BCUT2D eigenvalue weighted by Gasteiger charge is -2.37. The van der Waals surface area contributed by atoms with Gasteiger partial charge in [-0.15, -0.1) is 0 Å². The molecular formula is C26H27Cl2NO3. The summed E-state index contributed by atoms with van der Waals surface area (Å²) in [4.78, 5) is 2.30. The first-order chi connectivity index (χ1) is 15.4. The predicted octanol–water partition coefficient (Wildman–Crippen LogP) is 6.30. The smallest absolute Gasteiger partial charge is 0.152 e. The van der Waals surface area contributed by atoms with E-state index in [1.165, 1.54) is 0 Å². The molecule has 1 atom stereocenters. The van der Waals surface area contributed by atoms with E-state index in [4.69, 9.17) is 32.7 Å². The van der Waals surface area contributed by atoms with Crippen LogP contribution in [-0.4, -0.2) is 36.2 Å². The van der Waals surface area contributed by atoms with Crippen LogP contribution in [0.3, 0.4) is 0 Å². The van der Waals surface area contributed by atoms with Gasteiger partial charge in [0.2, 0.25) is 0 Å². The number of halogens is 2. The predicted molar refractivity (Wildman–Crippen MR) is 129 cm³/mol. The second-order valence-electron chi connectivity index (χ2n) is 7.92. The summed E-state index contributed by atoms with van der Waals surface area (Å²) in [7, 11) is 0. The Morgan fingerprint density at radius 3 is 2.44 bits per heavy atom. The van der Waals surface area contributed by atoms with Gasteiger partial charge in [0.1, 0.15) is 23.7 Å². The molecule has 168 valence electrons. The minimum atomic E-state index is -1.35. The monoisotopic (exact) mass is 471 g/mol. The quantitative estimate of drug-likeness (QED) is 0.418. The molecule has 4 rings (SSSR count). The van der Waals surface area contributed by atoms with Gasteiger partial charge in [-0.1, -0.05) is 67.4 Å². The first kappa shape index (κ1) is 22.9. The van der Waals surface area contributed by atoms with Crippen LogP contribution in [0.1, 0.15) is 30.5 Å². The molecule has 0 aromatic heterocycles. The molecule has 1 heterocycles. The normalized spacial score (nSPS) is 16.9. The summed E-state index contributed by atoms with van der Waals surface area (Å²) in [6, 6.07) is 18.8. The lowest BCUT2D eigenvalue weighted by atomic mass is 9.79. The molecule has 0 saturated carbocycles. The molecule has 1 unspecified atom stereocenters. The number of aliphatic hydroxyl groups is 1. The van der Waals surface area contributed by atoms with Crippen molar-refractivity contribution in [2.75, 3.05) is 26.2 Å². The Morgan fingerprint density at radius 1 is 0.969 bits per heavy atom. The van der Waals surface area contributed by atoms with Crippen molar-refractivity contribution in [3.63, 3.8) is 0 Å². The molecule has 3 aromatic carbocycles. The molecule has 6 heteroatoms. The molecule has 0 spiro atoms. The van der Waals surface area contributed by atoms with Crippen LogP contribution in [0.2, 0.25) is 10.0 Å². The number of ether oxygens (including phenoxy) is 2. The molecule has 0 bridgehead atoms. The first-order valence-corrected chi connectivity index (χ1v) is 11.6. The van der Waals surface area contributed by atoms with E-state index in [1.807, 2.05) is 48.5 Å². The fourth-order valence-electron chi connectivity index (χ4n) is 4.16. The van der Waals surface area contributed by atoms with Crippen molar-refractivity contribution >= 4 is 23.2 Å². The number of likely N-dealkylation sites (N-methyl/N-ethyl adjacent to an activating group) is 1. The molecule has 0 saturated heterocycles. The highest BCUT2D eigenvalue weighted by molar-refractivity contribution is 6.35. The molecule has 0 radical (unpaired) electrons. The highest BCUT2D eigenvalue weighted by atomic mass is 35.5. The van der Waals surface area contributed by atoms with Crippen LogP contribution in [0.15, 0.2) is 60.7 Å². The Balaban J connectivity index is 1.70. The van der Waals surface area contributed by atoms with Gasteiger partial charge in [-0.2, -0.15) is 0 Å². The summed E-state index contributed by atoms with van der Waals surface area (Å²) in [5, 5.41) is 12.8. The lowest BCUT2D eigenvalue weighted by Crippen LogP contribution is -2.33. The number of hydrogen-bond donors (Lipinski definition) is 1. The van der Waals surface area contributed by atoms with Gasteiger partial charge in [-0.25, -0.2) is 0 Å². The van der Waals surface area contributed by atoms with Crippen molar-refractivity contribution in [1.82, 2.24) is 4.90 Å². The zero-order chi connectivity index (χ0) is 22.7. The van der Waals surface area contributed by atoms with Crippen molar-refractivity contribution in [2.45, 2.75) is 25.9 Å². The summed E-state index contributed by atoms with van der Waals surface area (Å²) >= 11 is 12.8. The Morgan fingerprint density at radius 2 is 1.72 bits per heavy atom. The molecule has 1 aliphatic heterocycles. The molecule has 3 aromatic rings. The van der Waals surface area contributed by atoms with E-state index in [9.17, 15) is 5.11 Å². The summed E-state index contributed by atoms with van der Waals surface area (Å²) in [6.45, 7) is 7.65. The molecular weight excluding hydrogens is 445 g/mol. The average Bonchev–Trinajstić information content (AvgIpc) is 2.78. The number of fused-ring (bicyclic) bond motifs is 2. The van der Waals surface area contributed by atoms with Crippen LogP contribution in [0, 0.1) is 0 Å². The van der Waals surface area contributed by atoms with E-state index in [0.29, 0.717) is 51.4 Å². The third kappa shape index (κ3) is 4.60. The third-order valence-corrected chi connectivity index (χ3v) is 6.44. The second kappa shape index (κ2) is 9.72. The van der Waals surface area contributed by atoms with Gasteiger partial charge in [0, 0.05) is 35.2 Å². The van der Waals surface area contributed by atoms with Crippen molar-refractivity contribution < 1.29 is 14.6 Å². The minimum absolute atomic E-state index is 0.357. The first-order valence-electron chi connectivity index (χ1n) is 10.9. The maximum Gasteiger partial charge on any atom is 0.152 e. The summed E-state index contributed by atoms with van der Waals surface area (Å²) in [6.07, 6.45) is 0.357. The van der Waals surface area contributed by atoms with E-state index < -0.39 is 5.60 Å². The second-order valence-corrected chi connectivity index (χ2v) is 8.77. The zero-order valence-electron chi connectivity index (χ0n) is 18.3. The summed E-state index contributed by atoms with van der Waals surface area (Å²) in [5.74, 6) is 1.63. The SMILES string of the molecule is CCN(CC)CCOc1ccc2c(c1)Oc1c(Cl)cc(Cl)cc1C2(O)Cc1ccccc1. The Labute approximate surface area is 199 Å². The van der Waals surface area contributed by atoms with Crippen LogP contribution >= 0.6 is 23.2 Å². The molecule has 0 aliphatic carbocycles. The Hall–Kier alpha value is -2.24. The summed E-state index contributed by atoms with van der Waals surface area (Å²) < 4.78 is 12.1. The fourth-order valence-corrected chi connectivity index (χ4v) is 4.69. The van der Waals surface area contributed by atoms with Gasteiger partial charge >= 0.3 is 0 Å². The molecule has 4 nitrogen and oxygen atoms in total. The van der Waals surface area contributed by atoms with E-state index in [2.05, 4.69) is 18.7 Å². The number of benzene rings is 3. The van der Waals surface area contributed by atoms with Gasteiger partial charge < -0.3 is 19.5 Å². The van der Waals surface area contributed by atoms with Crippen LogP contribution < -0.4 is 9.47 Å². The Kier molecular flexibility index (Phi) is 6.96. The molecule has 1 N–H and O–H groups in total. The zero-order valence-corrected chi connectivity index (χ0v) is 19.8. The van der Waals surface area contributed by atoms with E-state index in [0.717, 1.165) is 25.2 Å². The molecule has 1 aliphatic rings. The standard InChI is InChI=1S/C26H27Cl2NO3/c1-3-29(4-2)12-13-31-20-10-11-21-24(16-20)32-25-22(14-19(27)15-23(25)28)26(21,30)17-18-8-6-5-7-9-18/h5-11,14-16,30H,3-4,12-13,17H2,1-2H3. The Bertz CT molecular complexity index is 1090. The van der Waals surface area contributed by atoms with Gasteiger partial charge in [0.05, 0.1) is 5.02 Å². The lowest BCUT2D eigenvalue weighted by molar-refractivity contribution is 0.0698. The number of rotatable bonds is 8. The van der Waals surface area contributed by atoms with Crippen LogP contribution in [0.5, 0.6) is 17.2 Å². The number of nitrogens with zero attached hydrogens (tertiary/aromatic N) is 1. The van der Waals surface area contributed by atoms with Crippen LogP contribution in [-0.2, 0) is 12.0 Å². The highest BCUT2D eigenvalue weighted by Crippen LogP contribution is 2.52. The number of hydrogen-bond acceptors (Lipinski definition) is 4. The molecule has 32 heavy (non-hydrogen) atoms.